The fourth-order valence-electron chi connectivity index (χ4n) is 1.19. The van der Waals surface area contributed by atoms with Crippen LogP contribution in [-0.2, 0) is 11.3 Å². The van der Waals surface area contributed by atoms with E-state index in [1.165, 1.54) is 19.2 Å². The van der Waals surface area contributed by atoms with Crippen LogP contribution in [0, 0.1) is 0 Å². The van der Waals surface area contributed by atoms with Crippen molar-refractivity contribution in [3.8, 4) is 11.5 Å². The fourth-order valence-corrected chi connectivity index (χ4v) is 1.19. The van der Waals surface area contributed by atoms with Gasteiger partial charge in [-0.1, -0.05) is 6.07 Å². The van der Waals surface area contributed by atoms with Gasteiger partial charge in [0.15, 0.2) is 18.3 Å². The standard InChI is InChI=1S/C11H13F3O4/c1-16-10-4-8(5-15)2-3-9(10)18-7-17-6-11(12,13)14/h2-4,15H,5-7H2,1H3. The summed E-state index contributed by atoms with van der Waals surface area (Å²) in [5, 5.41) is 8.91. The molecule has 0 aliphatic rings. The molecule has 0 heterocycles. The monoisotopic (exact) mass is 266 g/mol. The Morgan fingerprint density at radius 3 is 2.50 bits per heavy atom. The maximum absolute atomic E-state index is 11.8. The lowest BCUT2D eigenvalue weighted by Gasteiger charge is -2.12. The van der Waals surface area contributed by atoms with Gasteiger partial charge in [-0.15, -0.1) is 0 Å². The second-order valence-electron chi connectivity index (χ2n) is 3.37. The van der Waals surface area contributed by atoms with Crippen molar-refractivity contribution in [3.05, 3.63) is 23.8 Å². The summed E-state index contributed by atoms with van der Waals surface area (Å²) in [6, 6.07) is 4.59. The van der Waals surface area contributed by atoms with Gasteiger partial charge in [-0.05, 0) is 17.7 Å². The highest BCUT2D eigenvalue weighted by atomic mass is 19.4. The van der Waals surface area contributed by atoms with Gasteiger partial charge >= 0.3 is 6.18 Å². The zero-order valence-electron chi connectivity index (χ0n) is 9.66. The molecule has 1 rings (SSSR count). The SMILES string of the molecule is COc1cc(CO)ccc1OCOCC(F)(F)F. The van der Waals surface area contributed by atoms with E-state index in [1.54, 1.807) is 6.07 Å². The number of hydrogen-bond donors (Lipinski definition) is 1. The van der Waals surface area contributed by atoms with Crippen LogP contribution < -0.4 is 9.47 Å². The molecule has 18 heavy (non-hydrogen) atoms. The van der Waals surface area contributed by atoms with E-state index < -0.39 is 19.6 Å². The minimum atomic E-state index is -4.38. The molecule has 0 amide bonds. The molecule has 4 nitrogen and oxygen atoms in total. The quantitative estimate of drug-likeness (QED) is 0.632. The zero-order chi connectivity index (χ0) is 13.6. The molecule has 1 aromatic carbocycles. The Kier molecular flexibility index (Phi) is 5.24. The van der Waals surface area contributed by atoms with Crippen LogP contribution in [0.5, 0.6) is 11.5 Å². The van der Waals surface area contributed by atoms with Gasteiger partial charge in [0.2, 0.25) is 0 Å². The van der Waals surface area contributed by atoms with E-state index in [0.717, 1.165) is 0 Å². The first kappa shape index (κ1) is 14.6. The first-order chi connectivity index (χ1) is 8.46. The summed E-state index contributed by atoms with van der Waals surface area (Å²) in [7, 11) is 1.39. The predicted molar refractivity (Wildman–Crippen MR) is 56.4 cm³/mol. The van der Waals surface area contributed by atoms with Gasteiger partial charge in [-0.3, -0.25) is 0 Å². The molecule has 0 unspecified atom stereocenters. The van der Waals surface area contributed by atoms with E-state index in [2.05, 4.69) is 4.74 Å². The van der Waals surface area contributed by atoms with E-state index in [4.69, 9.17) is 14.6 Å². The summed E-state index contributed by atoms with van der Waals surface area (Å²) in [5.74, 6) is 0.564. The number of methoxy groups -OCH3 is 1. The van der Waals surface area contributed by atoms with Gasteiger partial charge in [-0.25, -0.2) is 0 Å². The number of ether oxygens (including phenoxy) is 3. The van der Waals surface area contributed by atoms with E-state index in [9.17, 15) is 13.2 Å². The minimum absolute atomic E-state index is 0.165. The van der Waals surface area contributed by atoms with Crippen LogP contribution in [0.25, 0.3) is 0 Å². The molecule has 0 radical (unpaired) electrons. The Balaban J connectivity index is 2.51. The number of alkyl halides is 3. The molecule has 7 heteroatoms. The van der Waals surface area contributed by atoms with Crippen molar-refractivity contribution in [2.45, 2.75) is 12.8 Å². The largest absolute Gasteiger partial charge is 0.493 e. The van der Waals surface area contributed by atoms with Crippen LogP contribution >= 0.6 is 0 Å². The topological polar surface area (TPSA) is 47.9 Å². The van der Waals surface area contributed by atoms with E-state index in [0.29, 0.717) is 11.3 Å². The summed E-state index contributed by atoms with van der Waals surface area (Å²) in [6.45, 7) is -2.07. The normalized spacial score (nSPS) is 11.4. The van der Waals surface area contributed by atoms with Crippen LogP contribution in [0.4, 0.5) is 13.2 Å². The summed E-state index contributed by atoms with van der Waals surface area (Å²) < 4.78 is 49.6. The van der Waals surface area contributed by atoms with Gasteiger partial charge in [0.25, 0.3) is 0 Å². The third kappa shape index (κ3) is 4.80. The second-order valence-corrected chi connectivity index (χ2v) is 3.37. The molecule has 0 saturated heterocycles. The molecule has 0 spiro atoms. The molecular weight excluding hydrogens is 253 g/mol. The average Bonchev–Trinajstić information content (AvgIpc) is 2.33. The van der Waals surface area contributed by atoms with Gasteiger partial charge in [0.05, 0.1) is 13.7 Å². The molecule has 0 atom stereocenters. The molecule has 102 valence electrons. The van der Waals surface area contributed by atoms with Gasteiger partial charge in [-0.2, -0.15) is 13.2 Å². The summed E-state index contributed by atoms with van der Waals surface area (Å²) in [4.78, 5) is 0. The third-order valence-electron chi connectivity index (χ3n) is 1.97. The Labute approximate surface area is 102 Å². The molecule has 0 fully saturated rings. The molecule has 0 aliphatic heterocycles. The van der Waals surface area contributed by atoms with Crippen molar-refractivity contribution in [2.75, 3.05) is 20.5 Å². The number of hydrogen-bond acceptors (Lipinski definition) is 4. The maximum Gasteiger partial charge on any atom is 0.411 e. The fraction of sp³-hybridized carbons (Fsp3) is 0.455. The van der Waals surface area contributed by atoms with Gasteiger partial charge < -0.3 is 19.3 Å². The average molecular weight is 266 g/mol. The first-order valence-electron chi connectivity index (χ1n) is 5.01. The van der Waals surface area contributed by atoms with Crippen molar-refractivity contribution >= 4 is 0 Å². The number of aliphatic hydroxyl groups is 1. The third-order valence-corrected chi connectivity index (χ3v) is 1.97. The highest BCUT2D eigenvalue weighted by molar-refractivity contribution is 5.42. The second kappa shape index (κ2) is 6.46. The number of benzene rings is 1. The molecule has 1 N–H and O–H groups in total. The Hall–Kier alpha value is -1.47. The van der Waals surface area contributed by atoms with Gasteiger partial charge in [0, 0.05) is 0 Å². The Morgan fingerprint density at radius 2 is 1.94 bits per heavy atom. The number of rotatable bonds is 6. The number of halogens is 3. The lowest BCUT2D eigenvalue weighted by Crippen LogP contribution is -2.19. The van der Waals surface area contributed by atoms with Crippen molar-refractivity contribution in [2.24, 2.45) is 0 Å². The minimum Gasteiger partial charge on any atom is -0.493 e. The van der Waals surface area contributed by atoms with E-state index in [1.807, 2.05) is 0 Å². The van der Waals surface area contributed by atoms with Crippen molar-refractivity contribution in [1.82, 2.24) is 0 Å². The lowest BCUT2D eigenvalue weighted by molar-refractivity contribution is -0.186. The van der Waals surface area contributed by atoms with Crippen LogP contribution in [-0.4, -0.2) is 31.8 Å². The lowest BCUT2D eigenvalue weighted by atomic mass is 10.2. The molecule has 0 aliphatic carbocycles. The van der Waals surface area contributed by atoms with Crippen LogP contribution in [0.1, 0.15) is 5.56 Å². The Bertz CT molecular complexity index is 379. The first-order valence-corrected chi connectivity index (χ1v) is 5.01. The summed E-state index contributed by atoms with van der Waals surface area (Å²) in [6.07, 6.45) is -4.38. The highest BCUT2D eigenvalue weighted by Crippen LogP contribution is 2.28. The molecule has 0 aromatic heterocycles. The van der Waals surface area contributed by atoms with E-state index in [-0.39, 0.29) is 12.4 Å². The molecular formula is C11H13F3O4. The van der Waals surface area contributed by atoms with Crippen LogP contribution in [0.15, 0.2) is 18.2 Å². The highest BCUT2D eigenvalue weighted by Gasteiger charge is 2.27. The number of aliphatic hydroxyl groups excluding tert-OH is 1. The Morgan fingerprint density at radius 1 is 1.22 bits per heavy atom. The van der Waals surface area contributed by atoms with Crippen molar-refractivity contribution < 1.29 is 32.5 Å². The summed E-state index contributed by atoms with van der Waals surface area (Å²) in [5.41, 5.74) is 0.607. The molecule has 0 bridgehead atoms. The van der Waals surface area contributed by atoms with Crippen molar-refractivity contribution in [1.29, 1.82) is 0 Å². The zero-order valence-corrected chi connectivity index (χ0v) is 9.66. The maximum atomic E-state index is 11.8. The van der Waals surface area contributed by atoms with Crippen molar-refractivity contribution in [3.63, 3.8) is 0 Å². The predicted octanol–water partition coefficient (Wildman–Crippen LogP) is 2.10. The smallest absolute Gasteiger partial charge is 0.411 e. The summed E-state index contributed by atoms with van der Waals surface area (Å²) >= 11 is 0. The van der Waals surface area contributed by atoms with E-state index >= 15 is 0 Å². The van der Waals surface area contributed by atoms with Crippen LogP contribution in [0.3, 0.4) is 0 Å². The van der Waals surface area contributed by atoms with Gasteiger partial charge in [0.1, 0.15) is 6.61 Å². The molecule has 0 saturated carbocycles. The molecule has 1 aromatic rings. The van der Waals surface area contributed by atoms with Crippen LogP contribution in [0.2, 0.25) is 0 Å².